The molecule has 1 aromatic carbocycles. The molecule has 1 heterocycles. The molecule has 1 saturated heterocycles. The summed E-state index contributed by atoms with van der Waals surface area (Å²) in [5.74, 6) is -0.391. The van der Waals surface area contributed by atoms with Crippen LogP contribution in [0.5, 0.6) is 0 Å². The summed E-state index contributed by atoms with van der Waals surface area (Å²) >= 11 is 0. The lowest BCUT2D eigenvalue weighted by molar-refractivity contribution is -0.138. The predicted molar refractivity (Wildman–Crippen MR) is 73.9 cm³/mol. The lowest BCUT2D eigenvalue weighted by Crippen LogP contribution is -2.43. The molecule has 2 N–H and O–H groups in total. The number of alkyl halides is 3. The summed E-state index contributed by atoms with van der Waals surface area (Å²) in [6.45, 7) is 4.55. The van der Waals surface area contributed by atoms with E-state index in [1.165, 1.54) is 19.1 Å². The van der Waals surface area contributed by atoms with Gasteiger partial charge in [0, 0.05) is 45.3 Å². The quantitative estimate of drug-likeness (QED) is 0.898. The molecule has 0 atom stereocenters. The summed E-state index contributed by atoms with van der Waals surface area (Å²) in [4.78, 5) is 13.0. The lowest BCUT2D eigenvalue weighted by atomic mass is 10.0. The van der Waals surface area contributed by atoms with Gasteiger partial charge in [-0.15, -0.1) is 0 Å². The Kier molecular flexibility index (Phi) is 4.84. The highest BCUT2D eigenvalue weighted by Gasteiger charge is 2.34. The maximum atomic E-state index is 13.2. The van der Waals surface area contributed by atoms with Crippen molar-refractivity contribution in [3.05, 3.63) is 29.3 Å². The first-order valence-electron chi connectivity index (χ1n) is 6.77. The Labute approximate surface area is 121 Å². The van der Waals surface area contributed by atoms with Gasteiger partial charge in [0.05, 0.1) is 5.56 Å². The minimum Gasteiger partial charge on any atom is -0.326 e. The minimum atomic E-state index is -4.43. The molecule has 1 aliphatic rings. The van der Waals surface area contributed by atoms with Crippen LogP contribution in [-0.2, 0) is 17.5 Å². The van der Waals surface area contributed by atoms with E-state index in [0.717, 1.165) is 32.2 Å². The van der Waals surface area contributed by atoms with Crippen molar-refractivity contribution in [1.29, 1.82) is 0 Å². The van der Waals surface area contributed by atoms with Crippen LogP contribution in [0.1, 0.15) is 18.1 Å². The monoisotopic (exact) mass is 301 g/mol. The molecule has 116 valence electrons. The van der Waals surface area contributed by atoms with Gasteiger partial charge in [0.25, 0.3) is 0 Å². The van der Waals surface area contributed by atoms with E-state index in [0.29, 0.717) is 0 Å². The zero-order chi connectivity index (χ0) is 15.5. The van der Waals surface area contributed by atoms with Gasteiger partial charge in [-0.2, -0.15) is 13.2 Å². The van der Waals surface area contributed by atoms with Gasteiger partial charge in [-0.3, -0.25) is 9.69 Å². The molecule has 1 amide bonds. The Bertz CT molecular complexity index is 511. The van der Waals surface area contributed by atoms with E-state index in [2.05, 4.69) is 10.6 Å². The van der Waals surface area contributed by atoms with Gasteiger partial charge < -0.3 is 10.6 Å². The average Bonchev–Trinajstić information content (AvgIpc) is 2.40. The SMILES string of the molecule is CC(=O)Nc1ccc(CN2CCNCC2)c(C(F)(F)F)c1. The first kappa shape index (κ1) is 15.8. The first-order valence-corrected chi connectivity index (χ1v) is 6.77. The number of benzene rings is 1. The molecule has 4 nitrogen and oxygen atoms in total. The van der Waals surface area contributed by atoms with Crippen molar-refractivity contribution in [2.75, 3.05) is 31.5 Å². The van der Waals surface area contributed by atoms with E-state index < -0.39 is 17.6 Å². The van der Waals surface area contributed by atoms with Gasteiger partial charge in [-0.1, -0.05) is 6.07 Å². The number of nitrogens with zero attached hydrogens (tertiary/aromatic N) is 1. The fourth-order valence-corrected chi connectivity index (χ4v) is 2.37. The van der Waals surface area contributed by atoms with Crippen molar-refractivity contribution in [2.45, 2.75) is 19.6 Å². The van der Waals surface area contributed by atoms with Crippen LogP contribution in [0.25, 0.3) is 0 Å². The van der Waals surface area contributed by atoms with Gasteiger partial charge >= 0.3 is 6.18 Å². The van der Waals surface area contributed by atoms with Crippen LogP contribution >= 0.6 is 0 Å². The molecule has 0 aromatic heterocycles. The number of carbonyl (C=O) groups is 1. The molecule has 1 fully saturated rings. The number of hydrogen-bond donors (Lipinski definition) is 2. The van der Waals surface area contributed by atoms with E-state index in [1.807, 2.05) is 4.90 Å². The number of amides is 1. The molecular formula is C14H18F3N3O. The van der Waals surface area contributed by atoms with E-state index in [-0.39, 0.29) is 17.8 Å². The second-order valence-corrected chi connectivity index (χ2v) is 5.08. The molecule has 0 unspecified atom stereocenters. The molecule has 1 aromatic rings. The smallest absolute Gasteiger partial charge is 0.326 e. The Morgan fingerprint density at radius 2 is 2.00 bits per heavy atom. The third kappa shape index (κ3) is 4.44. The maximum Gasteiger partial charge on any atom is 0.416 e. The van der Waals surface area contributed by atoms with Crippen LogP contribution < -0.4 is 10.6 Å². The molecule has 0 saturated carbocycles. The van der Waals surface area contributed by atoms with E-state index in [1.54, 1.807) is 0 Å². The number of piperazine rings is 1. The summed E-state index contributed by atoms with van der Waals surface area (Å²) in [7, 11) is 0. The van der Waals surface area contributed by atoms with Crippen molar-refractivity contribution in [1.82, 2.24) is 10.2 Å². The largest absolute Gasteiger partial charge is 0.416 e. The first-order chi connectivity index (χ1) is 9.86. The van der Waals surface area contributed by atoms with Gasteiger partial charge in [0.2, 0.25) is 5.91 Å². The summed E-state index contributed by atoms with van der Waals surface area (Å²) < 4.78 is 39.5. The van der Waals surface area contributed by atoms with Crippen molar-refractivity contribution in [3.63, 3.8) is 0 Å². The molecule has 7 heteroatoms. The van der Waals surface area contributed by atoms with Gasteiger partial charge in [0.1, 0.15) is 0 Å². The highest BCUT2D eigenvalue weighted by Crippen LogP contribution is 2.34. The van der Waals surface area contributed by atoms with Crippen molar-refractivity contribution in [3.8, 4) is 0 Å². The molecule has 0 aliphatic carbocycles. The zero-order valence-corrected chi connectivity index (χ0v) is 11.8. The molecular weight excluding hydrogens is 283 g/mol. The number of carbonyl (C=O) groups excluding carboxylic acids is 1. The highest BCUT2D eigenvalue weighted by molar-refractivity contribution is 5.88. The zero-order valence-electron chi connectivity index (χ0n) is 11.8. The Hall–Kier alpha value is -1.60. The van der Waals surface area contributed by atoms with Crippen LogP contribution in [0.2, 0.25) is 0 Å². The number of anilines is 1. The second kappa shape index (κ2) is 6.44. The van der Waals surface area contributed by atoms with Crippen LogP contribution in [0.15, 0.2) is 18.2 Å². The molecule has 21 heavy (non-hydrogen) atoms. The number of rotatable bonds is 3. The van der Waals surface area contributed by atoms with E-state index >= 15 is 0 Å². The fraction of sp³-hybridized carbons (Fsp3) is 0.500. The van der Waals surface area contributed by atoms with Crippen molar-refractivity contribution < 1.29 is 18.0 Å². The summed E-state index contributed by atoms with van der Waals surface area (Å²) in [5.41, 5.74) is -0.287. The van der Waals surface area contributed by atoms with Crippen LogP contribution in [0.4, 0.5) is 18.9 Å². The van der Waals surface area contributed by atoms with Crippen LogP contribution in [-0.4, -0.2) is 37.0 Å². The van der Waals surface area contributed by atoms with Gasteiger partial charge in [-0.05, 0) is 17.7 Å². The molecule has 0 radical (unpaired) electrons. The molecule has 1 aliphatic heterocycles. The van der Waals surface area contributed by atoms with Crippen molar-refractivity contribution in [2.24, 2.45) is 0 Å². The number of halogens is 3. The maximum absolute atomic E-state index is 13.2. The Balaban J connectivity index is 2.24. The normalized spacial score (nSPS) is 16.8. The summed E-state index contributed by atoms with van der Waals surface area (Å²) in [6, 6.07) is 3.95. The molecule has 0 bridgehead atoms. The summed E-state index contributed by atoms with van der Waals surface area (Å²) in [5, 5.41) is 5.55. The molecule has 2 rings (SSSR count). The third-order valence-corrected chi connectivity index (χ3v) is 3.34. The summed E-state index contributed by atoms with van der Waals surface area (Å²) in [6.07, 6.45) is -4.43. The third-order valence-electron chi connectivity index (χ3n) is 3.34. The van der Waals surface area contributed by atoms with Crippen molar-refractivity contribution >= 4 is 11.6 Å². The highest BCUT2D eigenvalue weighted by atomic mass is 19.4. The van der Waals surface area contributed by atoms with E-state index in [9.17, 15) is 18.0 Å². The topological polar surface area (TPSA) is 44.4 Å². The lowest BCUT2D eigenvalue weighted by Gasteiger charge is -2.28. The Morgan fingerprint density at radius 1 is 1.33 bits per heavy atom. The number of nitrogens with one attached hydrogen (secondary N) is 2. The van der Waals surface area contributed by atoms with E-state index in [4.69, 9.17) is 0 Å². The average molecular weight is 301 g/mol. The minimum absolute atomic E-state index is 0.166. The van der Waals surface area contributed by atoms with Gasteiger partial charge in [-0.25, -0.2) is 0 Å². The fourth-order valence-electron chi connectivity index (χ4n) is 2.37. The van der Waals surface area contributed by atoms with Crippen LogP contribution in [0, 0.1) is 0 Å². The number of hydrogen-bond acceptors (Lipinski definition) is 3. The predicted octanol–water partition coefficient (Wildman–Crippen LogP) is 2.07. The standard InChI is InChI=1S/C14H18F3N3O/c1-10(21)19-12-3-2-11(13(8-12)14(15,16)17)9-20-6-4-18-5-7-20/h2-3,8,18H,4-7,9H2,1H3,(H,19,21). The van der Waals surface area contributed by atoms with Crippen LogP contribution in [0.3, 0.4) is 0 Å². The van der Waals surface area contributed by atoms with Gasteiger partial charge in [0.15, 0.2) is 0 Å². The molecule has 0 spiro atoms. The second-order valence-electron chi connectivity index (χ2n) is 5.08. The Morgan fingerprint density at radius 3 is 2.57 bits per heavy atom.